The van der Waals surface area contributed by atoms with Crippen molar-refractivity contribution in [3.8, 4) is 0 Å². The highest BCUT2D eigenvalue weighted by Gasteiger charge is 2.15. The zero-order chi connectivity index (χ0) is 12.6. The molecule has 2 aromatic rings. The van der Waals surface area contributed by atoms with Crippen LogP contribution in [0.2, 0.25) is 0 Å². The Labute approximate surface area is 99.2 Å². The molecule has 0 radical (unpaired) electrons. The Bertz CT molecular complexity index is 620. The number of allylic oxidation sites excluding steroid dienone is 1. The van der Waals surface area contributed by atoms with E-state index in [1.807, 2.05) is 39.1 Å². The van der Waals surface area contributed by atoms with Crippen molar-refractivity contribution in [2.45, 2.75) is 20.8 Å². The van der Waals surface area contributed by atoms with Crippen LogP contribution in [0.15, 0.2) is 23.8 Å². The van der Waals surface area contributed by atoms with Crippen molar-refractivity contribution in [1.82, 2.24) is 9.78 Å². The van der Waals surface area contributed by atoms with E-state index >= 15 is 0 Å². The maximum Gasteiger partial charge on any atom is 0.357 e. The number of aromatic nitrogens is 2. The number of benzene rings is 1. The fourth-order valence-corrected chi connectivity index (χ4v) is 1.75. The van der Waals surface area contributed by atoms with Gasteiger partial charge in [-0.1, -0.05) is 17.7 Å². The van der Waals surface area contributed by atoms with Crippen molar-refractivity contribution in [3.05, 3.63) is 35.0 Å². The van der Waals surface area contributed by atoms with Gasteiger partial charge in [-0.15, -0.1) is 0 Å². The Kier molecular flexibility index (Phi) is 2.71. The summed E-state index contributed by atoms with van der Waals surface area (Å²) in [6.07, 6.45) is 1.83. The fourth-order valence-electron chi connectivity index (χ4n) is 1.75. The molecule has 2 rings (SSSR count). The van der Waals surface area contributed by atoms with Crippen molar-refractivity contribution in [3.63, 3.8) is 0 Å². The Morgan fingerprint density at radius 1 is 1.41 bits per heavy atom. The number of carbonyl (C=O) groups is 1. The van der Waals surface area contributed by atoms with Crippen LogP contribution in [0.3, 0.4) is 0 Å². The molecule has 0 fully saturated rings. The van der Waals surface area contributed by atoms with E-state index in [-0.39, 0.29) is 5.69 Å². The third kappa shape index (κ3) is 2.06. The highest BCUT2D eigenvalue weighted by molar-refractivity contribution is 6.01. The standard InChI is InChI=1S/C13H14N2O2/c1-8(2)7-15-11-6-9(3)4-5-10(11)12(14-15)13(16)17/h4-7H,1-3H3,(H,16,17). The molecule has 1 heterocycles. The molecule has 0 aliphatic rings. The number of hydrogen-bond acceptors (Lipinski definition) is 2. The van der Waals surface area contributed by atoms with Gasteiger partial charge >= 0.3 is 5.97 Å². The van der Waals surface area contributed by atoms with Crippen LogP contribution in [0.4, 0.5) is 0 Å². The lowest BCUT2D eigenvalue weighted by Gasteiger charge is -1.98. The minimum absolute atomic E-state index is 0.0949. The average Bonchev–Trinajstić information content (AvgIpc) is 2.56. The molecule has 0 bridgehead atoms. The molecule has 0 aliphatic carbocycles. The lowest BCUT2D eigenvalue weighted by atomic mass is 10.1. The summed E-state index contributed by atoms with van der Waals surface area (Å²) < 4.78 is 1.63. The highest BCUT2D eigenvalue weighted by Crippen LogP contribution is 2.21. The molecule has 17 heavy (non-hydrogen) atoms. The SMILES string of the molecule is CC(C)=Cn1nc(C(=O)O)c2ccc(C)cc21. The highest BCUT2D eigenvalue weighted by atomic mass is 16.4. The van der Waals surface area contributed by atoms with E-state index in [1.54, 1.807) is 10.7 Å². The van der Waals surface area contributed by atoms with Gasteiger partial charge < -0.3 is 5.11 Å². The van der Waals surface area contributed by atoms with Gasteiger partial charge in [-0.2, -0.15) is 5.10 Å². The number of nitrogens with zero attached hydrogens (tertiary/aromatic N) is 2. The van der Waals surface area contributed by atoms with Crippen LogP contribution in [-0.2, 0) is 0 Å². The Morgan fingerprint density at radius 3 is 2.71 bits per heavy atom. The van der Waals surface area contributed by atoms with Gasteiger partial charge in [0.2, 0.25) is 0 Å². The first-order chi connectivity index (χ1) is 7.99. The molecule has 0 saturated carbocycles. The van der Waals surface area contributed by atoms with Crippen LogP contribution < -0.4 is 0 Å². The van der Waals surface area contributed by atoms with Gasteiger partial charge in [0.25, 0.3) is 0 Å². The number of fused-ring (bicyclic) bond motifs is 1. The number of aryl methyl sites for hydroxylation is 1. The molecule has 0 aliphatic heterocycles. The summed E-state index contributed by atoms with van der Waals surface area (Å²) >= 11 is 0. The molecule has 1 aromatic heterocycles. The molecule has 0 unspecified atom stereocenters. The predicted octanol–water partition coefficient (Wildman–Crippen LogP) is 2.92. The van der Waals surface area contributed by atoms with Crippen LogP contribution in [0, 0.1) is 6.92 Å². The van der Waals surface area contributed by atoms with Crippen LogP contribution in [0.25, 0.3) is 17.1 Å². The van der Waals surface area contributed by atoms with Gasteiger partial charge in [0.05, 0.1) is 5.52 Å². The summed E-state index contributed by atoms with van der Waals surface area (Å²) in [5, 5.41) is 13.9. The monoisotopic (exact) mass is 230 g/mol. The molecule has 4 nitrogen and oxygen atoms in total. The van der Waals surface area contributed by atoms with Gasteiger partial charge in [-0.3, -0.25) is 0 Å². The van der Waals surface area contributed by atoms with Crippen molar-refractivity contribution in [1.29, 1.82) is 0 Å². The van der Waals surface area contributed by atoms with Crippen molar-refractivity contribution in [2.24, 2.45) is 0 Å². The van der Waals surface area contributed by atoms with Crippen molar-refractivity contribution < 1.29 is 9.90 Å². The maximum atomic E-state index is 11.1. The van der Waals surface area contributed by atoms with Gasteiger partial charge in [0, 0.05) is 11.6 Å². The van der Waals surface area contributed by atoms with Gasteiger partial charge in [-0.25, -0.2) is 9.48 Å². The molecule has 0 atom stereocenters. The van der Waals surface area contributed by atoms with Crippen LogP contribution in [-0.4, -0.2) is 20.9 Å². The molecule has 0 saturated heterocycles. The zero-order valence-corrected chi connectivity index (χ0v) is 10.1. The van der Waals surface area contributed by atoms with E-state index in [4.69, 9.17) is 5.11 Å². The molecular weight excluding hydrogens is 216 g/mol. The van der Waals surface area contributed by atoms with Gasteiger partial charge in [0.15, 0.2) is 5.69 Å². The average molecular weight is 230 g/mol. The zero-order valence-electron chi connectivity index (χ0n) is 10.1. The third-order valence-electron chi connectivity index (χ3n) is 2.45. The summed E-state index contributed by atoms with van der Waals surface area (Å²) in [7, 11) is 0. The van der Waals surface area contributed by atoms with Crippen LogP contribution in [0.5, 0.6) is 0 Å². The fraction of sp³-hybridized carbons (Fsp3) is 0.231. The molecule has 1 aromatic carbocycles. The molecule has 88 valence electrons. The van der Waals surface area contributed by atoms with Crippen molar-refractivity contribution >= 4 is 23.1 Å². The number of aromatic carboxylic acids is 1. The minimum Gasteiger partial charge on any atom is -0.476 e. The summed E-state index contributed by atoms with van der Waals surface area (Å²) in [6, 6.07) is 5.63. The second-order valence-electron chi connectivity index (χ2n) is 4.33. The molecule has 0 amide bonds. The molecule has 1 N–H and O–H groups in total. The Hall–Kier alpha value is -2.10. The predicted molar refractivity (Wildman–Crippen MR) is 67.1 cm³/mol. The summed E-state index contributed by atoms with van der Waals surface area (Å²) in [5.74, 6) is -1.00. The first kappa shape index (κ1) is 11.4. The third-order valence-corrected chi connectivity index (χ3v) is 2.45. The lowest BCUT2D eigenvalue weighted by Crippen LogP contribution is -1.99. The first-order valence-corrected chi connectivity index (χ1v) is 5.36. The van der Waals surface area contributed by atoms with E-state index < -0.39 is 5.97 Å². The summed E-state index contributed by atoms with van der Waals surface area (Å²) in [4.78, 5) is 11.1. The topological polar surface area (TPSA) is 55.1 Å². The maximum absolute atomic E-state index is 11.1. The van der Waals surface area contributed by atoms with Gasteiger partial charge in [-0.05, 0) is 32.4 Å². The van der Waals surface area contributed by atoms with Crippen molar-refractivity contribution in [2.75, 3.05) is 0 Å². The number of rotatable bonds is 2. The summed E-state index contributed by atoms with van der Waals surface area (Å²) in [5.41, 5.74) is 3.06. The quantitative estimate of drug-likeness (QED) is 0.863. The normalized spacial score (nSPS) is 10.5. The Morgan fingerprint density at radius 2 is 2.12 bits per heavy atom. The largest absolute Gasteiger partial charge is 0.476 e. The van der Waals surface area contributed by atoms with E-state index in [2.05, 4.69) is 5.10 Å². The molecule has 0 spiro atoms. The second kappa shape index (κ2) is 4.05. The molecule has 4 heteroatoms. The minimum atomic E-state index is -1.00. The first-order valence-electron chi connectivity index (χ1n) is 5.36. The number of hydrogen-bond donors (Lipinski definition) is 1. The lowest BCUT2D eigenvalue weighted by molar-refractivity contribution is 0.0692. The summed E-state index contributed by atoms with van der Waals surface area (Å²) in [6.45, 7) is 5.87. The van der Waals surface area contributed by atoms with Crippen LogP contribution >= 0.6 is 0 Å². The van der Waals surface area contributed by atoms with E-state index in [0.717, 1.165) is 16.7 Å². The Balaban J connectivity index is 2.80. The second-order valence-corrected chi connectivity index (χ2v) is 4.33. The molecular formula is C13H14N2O2. The van der Waals surface area contributed by atoms with E-state index in [1.165, 1.54) is 0 Å². The van der Waals surface area contributed by atoms with Gasteiger partial charge in [0.1, 0.15) is 0 Å². The number of carboxylic acid groups (broad SMARTS) is 1. The van der Waals surface area contributed by atoms with E-state index in [9.17, 15) is 4.79 Å². The smallest absolute Gasteiger partial charge is 0.357 e. The van der Waals surface area contributed by atoms with Crippen LogP contribution in [0.1, 0.15) is 29.9 Å². The van der Waals surface area contributed by atoms with E-state index in [0.29, 0.717) is 5.39 Å². The number of carboxylic acids is 1.